The Morgan fingerprint density at radius 3 is 1.15 bits per heavy atom. The Morgan fingerprint density at radius 2 is 0.900 bits per heavy atom. The minimum Gasteiger partial charge on any atom is -0.860 e. The summed E-state index contributed by atoms with van der Waals surface area (Å²) in [7, 11) is -1.76. The van der Waals surface area contributed by atoms with Crippen LogP contribution in [0.2, 0.25) is 0 Å². The van der Waals surface area contributed by atoms with Gasteiger partial charge in [0.05, 0.1) is 0 Å². The van der Waals surface area contributed by atoms with Crippen LogP contribution >= 0.6 is 0 Å². The molecule has 3 rings (SSSR count). The third-order valence-corrected chi connectivity index (χ3v) is 5.08. The molecule has 2 aromatic carbocycles. The first kappa shape index (κ1) is 37.9. The number of halogens is 10. The second-order valence-corrected chi connectivity index (χ2v) is 7.88. The summed E-state index contributed by atoms with van der Waals surface area (Å²) in [5.41, 5.74) is 0. The van der Waals surface area contributed by atoms with E-state index in [4.69, 9.17) is 5.02 Å². The first-order chi connectivity index (χ1) is 18.0. The van der Waals surface area contributed by atoms with Gasteiger partial charge in [-0.15, -0.1) is 0 Å². The number of benzene rings is 2. The van der Waals surface area contributed by atoms with Crippen LogP contribution in [0.25, 0.3) is 0 Å². The first-order valence-corrected chi connectivity index (χ1v) is 10.7. The van der Waals surface area contributed by atoms with E-state index in [-0.39, 0.29) is 19.5 Å². The fourth-order valence-corrected chi connectivity index (χ4v) is 3.17. The van der Waals surface area contributed by atoms with Crippen molar-refractivity contribution in [2.75, 3.05) is 14.1 Å². The molecule has 0 aliphatic heterocycles. The van der Waals surface area contributed by atoms with Crippen molar-refractivity contribution in [2.24, 2.45) is 0 Å². The topological polar surface area (TPSA) is 111 Å². The summed E-state index contributed by atoms with van der Waals surface area (Å²) in [6.45, 7) is 0. The zero-order valence-electron chi connectivity index (χ0n) is 20.3. The number of hydrogen-bond donors (Lipinski definition) is 1. The van der Waals surface area contributed by atoms with Crippen LogP contribution in [0.5, 0.6) is 11.5 Å². The largest absolute Gasteiger partial charge is 3.00 e. The summed E-state index contributed by atoms with van der Waals surface area (Å²) in [6.07, 6.45) is 7.20. The van der Waals surface area contributed by atoms with Crippen molar-refractivity contribution in [3.8, 4) is 11.5 Å². The standard InChI is InChI=1S/C8H17N.C6HBF5O3.C6BF5O3.Ru/c1-9(2)8-6-4-3-5-7-8;2*8-1-2(9)4(11)6(15-7(13)14)5(12)3(1)10;/h8H,3-7H2,1-2H3;13H;;/q;-1;-2;+3. The van der Waals surface area contributed by atoms with Gasteiger partial charge in [-0.2, -0.15) is 17.6 Å². The van der Waals surface area contributed by atoms with Gasteiger partial charge in [-0.3, -0.25) is 0 Å². The summed E-state index contributed by atoms with van der Waals surface area (Å²) < 4.78 is 132. The van der Waals surface area contributed by atoms with Gasteiger partial charge < -0.3 is 34.3 Å². The minimum atomic E-state index is -3.20. The molecular formula is C20H18B2F10NO6Ru. The van der Waals surface area contributed by atoms with Crippen molar-refractivity contribution >= 4 is 14.6 Å². The maximum atomic E-state index is 12.7. The normalized spacial score (nSPS) is 12.9. The first-order valence-electron chi connectivity index (χ1n) is 10.7. The molecule has 2 aromatic rings. The van der Waals surface area contributed by atoms with Gasteiger partial charge >= 0.3 is 26.8 Å². The molecule has 1 saturated carbocycles. The molecule has 20 heteroatoms. The summed E-state index contributed by atoms with van der Waals surface area (Å²) in [5.74, 6) is -26.9. The Bertz CT molecular complexity index is 997. The van der Waals surface area contributed by atoms with E-state index in [9.17, 15) is 59.0 Å². The van der Waals surface area contributed by atoms with Gasteiger partial charge in [0, 0.05) is 6.04 Å². The van der Waals surface area contributed by atoms with Crippen molar-refractivity contribution in [3.63, 3.8) is 0 Å². The van der Waals surface area contributed by atoms with Crippen molar-refractivity contribution in [1.82, 2.24) is 4.90 Å². The number of rotatable bonds is 5. The zero-order valence-corrected chi connectivity index (χ0v) is 22.1. The molecule has 0 amide bonds. The SMILES string of the molecule is CN(C)C1CCCCC1.[O-]B(O)Oc1c(F)c(F)c(F)c(F)c1F.[O-]B([O-])Oc1c(F)c(F)c(F)c(F)c1F.[Ru+3]. The van der Waals surface area contributed by atoms with Gasteiger partial charge in [0.2, 0.25) is 58.2 Å². The van der Waals surface area contributed by atoms with Crippen LogP contribution in [-0.2, 0) is 19.5 Å². The average Bonchev–Trinajstić information content (AvgIpc) is 2.90. The Labute approximate surface area is 234 Å². The summed E-state index contributed by atoms with van der Waals surface area (Å²) in [4.78, 5) is 2.36. The van der Waals surface area contributed by atoms with E-state index >= 15 is 0 Å². The predicted octanol–water partition coefficient (Wildman–Crippen LogP) is 1.44. The number of nitrogens with zero attached hydrogens (tertiary/aromatic N) is 1. The molecule has 0 aromatic heterocycles. The summed E-state index contributed by atoms with van der Waals surface area (Å²) in [6, 6.07) is 0.888. The third-order valence-electron chi connectivity index (χ3n) is 5.08. The predicted molar refractivity (Wildman–Crippen MR) is 108 cm³/mol. The molecule has 1 fully saturated rings. The molecule has 223 valence electrons. The Kier molecular flexibility index (Phi) is 16.1. The van der Waals surface area contributed by atoms with Crippen molar-refractivity contribution in [1.29, 1.82) is 0 Å². The molecule has 0 saturated heterocycles. The molecule has 40 heavy (non-hydrogen) atoms. The van der Waals surface area contributed by atoms with Gasteiger partial charge in [-0.05, 0) is 26.9 Å². The minimum absolute atomic E-state index is 0. The van der Waals surface area contributed by atoms with E-state index in [1.54, 1.807) is 0 Å². The second kappa shape index (κ2) is 17.0. The molecule has 1 radical (unpaired) electrons. The molecule has 1 N–H and O–H groups in total. The molecule has 0 atom stereocenters. The molecule has 7 nitrogen and oxygen atoms in total. The quantitative estimate of drug-likeness (QED) is 0.220. The molecule has 1 aliphatic carbocycles. The molecular weight excluding hydrogens is 663 g/mol. The number of hydrogen-bond acceptors (Lipinski definition) is 7. The van der Waals surface area contributed by atoms with Crippen LogP contribution in [0.15, 0.2) is 0 Å². The third kappa shape index (κ3) is 10.1. The van der Waals surface area contributed by atoms with Crippen molar-refractivity contribution < 1.29 is 92.8 Å². The second-order valence-electron chi connectivity index (χ2n) is 7.88. The Morgan fingerprint density at radius 1 is 0.600 bits per heavy atom. The average molecular weight is 681 g/mol. The maximum absolute atomic E-state index is 12.7. The molecule has 0 unspecified atom stereocenters. The monoisotopic (exact) mass is 682 g/mol. The van der Waals surface area contributed by atoms with Crippen molar-refractivity contribution in [2.45, 2.75) is 38.1 Å². The van der Waals surface area contributed by atoms with Crippen LogP contribution in [-0.4, -0.2) is 44.7 Å². The van der Waals surface area contributed by atoms with Gasteiger partial charge in [0.1, 0.15) is 7.32 Å². The fraction of sp³-hybridized carbons (Fsp3) is 0.400. The van der Waals surface area contributed by atoms with Crippen LogP contribution < -0.4 is 24.4 Å². The Balaban J connectivity index is 0.000000581. The van der Waals surface area contributed by atoms with E-state index in [2.05, 4.69) is 28.3 Å². The zero-order chi connectivity index (χ0) is 30.2. The molecule has 0 spiro atoms. The van der Waals surface area contributed by atoms with E-state index in [1.807, 2.05) is 0 Å². The van der Waals surface area contributed by atoms with E-state index < -0.39 is 84.3 Å². The van der Waals surface area contributed by atoms with Gasteiger partial charge in [0.25, 0.3) is 0 Å². The van der Waals surface area contributed by atoms with Crippen LogP contribution in [0.4, 0.5) is 43.9 Å². The van der Waals surface area contributed by atoms with Crippen LogP contribution in [0, 0.1) is 58.2 Å². The van der Waals surface area contributed by atoms with E-state index in [0.29, 0.717) is 0 Å². The molecule has 0 heterocycles. The molecule has 1 aliphatic rings. The smallest absolute Gasteiger partial charge is 0.860 e. The van der Waals surface area contributed by atoms with Crippen LogP contribution in [0.3, 0.4) is 0 Å². The molecule has 0 bridgehead atoms. The maximum Gasteiger partial charge on any atom is 3.00 e. The van der Waals surface area contributed by atoms with E-state index in [1.165, 1.54) is 32.1 Å². The van der Waals surface area contributed by atoms with Gasteiger partial charge in [-0.25, -0.2) is 26.3 Å². The van der Waals surface area contributed by atoms with Gasteiger partial charge in [0.15, 0.2) is 11.5 Å². The van der Waals surface area contributed by atoms with Crippen LogP contribution in [0.1, 0.15) is 32.1 Å². The summed E-state index contributed by atoms with van der Waals surface area (Å²) >= 11 is 0. The van der Waals surface area contributed by atoms with E-state index in [0.717, 1.165) is 6.04 Å². The fourth-order valence-electron chi connectivity index (χ4n) is 3.17. The summed E-state index contributed by atoms with van der Waals surface area (Å²) in [5, 5.41) is 37.7. The Hall–Kier alpha value is -2.11. The van der Waals surface area contributed by atoms with Crippen molar-refractivity contribution in [3.05, 3.63) is 58.2 Å². The van der Waals surface area contributed by atoms with Gasteiger partial charge in [-0.1, -0.05) is 19.3 Å².